The third-order valence-corrected chi connectivity index (χ3v) is 1.97. The number of hydrogen-bond acceptors (Lipinski definition) is 4. The standard InChI is InChI=1S/C9H5F4N3O/c10-6-2-1-4(9(11,12)13)3-5(6)7-15-8(14)16-17-7/h1-3H,(H2,14,16). The summed E-state index contributed by atoms with van der Waals surface area (Å²) in [7, 11) is 0. The van der Waals surface area contributed by atoms with Gasteiger partial charge in [-0.05, 0) is 23.4 Å². The number of rotatable bonds is 1. The van der Waals surface area contributed by atoms with Crippen molar-refractivity contribution in [1.82, 2.24) is 10.1 Å². The monoisotopic (exact) mass is 247 g/mol. The normalized spacial score (nSPS) is 11.8. The Labute approximate surface area is 92.0 Å². The number of halogens is 4. The third kappa shape index (κ3) is 2.19. The zero-order chi connectivity index (χ0) is 12.6. The molecule has 0 fully saturated rings. The molecule has 0 saturated heterocycles. The third-order valence-electron chi connectivity index (χ3n) is 1.97. The van der Waals surface area contributed by atoms with Gasteiger partial charge in [-0.15, -0.1) is 0 Å². The highest BCUT2D eigenvalue weighted by Gasteiger charge is 2.31. The highest BCUT2D eigenvalue weighted by Crippen LogP contribution is 2.33. The van der Waals surface area contributed by atoms with Gasteiger partial charge in [0, 0.05) is 0 Å². The number of anilines is 1. The highest BCUT2D eigenvalue weighted by molar-refractivity contribution is 5.56. The Kier molecular flexibility index (Phi) is 2.49. The Morgan fingerprint density at radius 1 is 1.24 bits per heavy atom. The van der Waals surface area contributed by atoms with Gasteiger partial charge in [0.2, 0.25) is 0 Å². The van der Waals surface area contributed by atoms with Gasteiger partial charge >= 0.3 is 6.18 Å². The van der Waals surface area contributed by atoms with E-state index in [1.807, 2.05) is 0 Å². The molecule has 0 spiro atoms. The van der Waals surface area contributed by atoms with Crippen molar-refractivity contribution >= 4 is 5.95 Å². The molecule has 90 valence electrons. The quantitative estimate of drug-likeness (QED) is 0.786. The minimum atomic E-state index is -4.58. The van der Waals surface area contributed by atoms with Crippen molar-refractivity contribution in [2.24, 2.45) is 0 Å². The van der Waals surface area contributed by atoms with Crippen LogP contribution < -0.4 is 5.73 Å². The molecule has 0 atom stereocenters. The molecule has 0 aliphatic heterocycles. The lowest BCUT2D eigenvalue weighted by molar-refractivity contribution is -0.137. The van der Waals surface area contributed by atoms with E-state index in [1.54, 1.807) is 0 Å². The fourth-order valence-corrected chi connectivity index (χ4v) is 1.21. The molecular formula is C9H5F4N3O. The Balaban J connectivity index is 2.54. The van der Waals surface area contributed by atoms with Crippen LogP contribution in [0.1, 0.15) is 5.56 Å². The van der Waals surface area contributed by atoms with Crippen molar-refractivity contribution in [2.45, 2.75) is 6.18 Å². The SMILES string of the molecule is Nc1noc(-c2cc(C(F)(F)F)ccc2F)n1. The van der Waals surface area contributed by atoms with E-state index in [1.165, 1.54) is 0 Å². The molecule has 0 amide bonds. The second-order valence-electron chi connectivity index (χ2n) is 3.15. The topological polar surface area (TPSA) is 64.9 Å². The largest absolute Gasteiger partial charge is 0.416 e. The van der Waals surface area contributed by atoms with Crippen LogP contribution in [0.4, 0.5) is 23.5 Å². The summed E-state index contributed by atoms with van der Waals surface area (Å²) < 4.78 is 55.0. The zero-order valence-electron chi connectivity index (χ0n) is 8.12. The van der Waals surface area contributed by atoms with E-state index < -0.39 is 29.0 Å². The maximum absolute atomic E-state index is 13.3. The molecular weight excluding hydrogens is 242 g/mol. The van der Waals surface area contributed by atoms with Crippen LogP contribution in [0, 0.1) is 5.82 Å². The molecule has 0 unspecified atom stereocenters. The Morgan fingerprint density at radius 2 is 1.94 bits per heavy atom. The minimum Gasteiger partial charge on any atom is -0.365 e. The van der Waals surface area contributed by atoms with Gasteiger partial charge in [-0.2, -0.15) is 18.2 Å². The van der Waals surface area contributed by atoms with Crippen molar-refractivity contribution < 1.29 is 22.1 Å². The summed E-state index contributed by atoms with van der Waals surface area (Å²) in [6, 6.07) is 1.89. The fourth-order valence-electron chi connectivity index (χ4n) is 1.21. The van der Waals surface area contributed by atoms with E-state index in [-0.39, 0.29) is 5.95 Å². The van der Waals surface area contributed by atoms with Crippen LogP contribution in [0.25, 0.3) is 11.5 Å². The second kappa shape index (κ2) is 3.72. The first-order valence-corrected chi connectivity index (χ1v) is 4.34. The van der Waals surface area contributed by atoms with Crippen molar-refractivity contribution in [3.05, 3.63) is 29.6 Å². The van der Waals surface area contributed by atoms with Crippen LogP contribution in [-0.4, -0.2) is 10.1 Å². The van der Waals surface area contributed by atoms with Crippen molar-refractivity contribution in [1.29, 1.82) is 0 Å². The van der Waals surface area contributed by atoms with E-state index in [9.17, 15) is 17.6 Å². The lowest BCUT2D eigenvalue weighted by Crippen LogP contribution is -2.05. The van der Waals surface area contributed by atoms with Crippen LogP contribution >= 0.6 is 0 Å². The number of nitrogen functional groups attached to an aromatic ring is 1. The number of nitrogens with zero attached hydrogens (tertiary/aromatic N) is 2. The second-order valence-corrected chi connectivity index (χ2v) is 3.15. The summed E-state index contributed by atoms with van der Waals surface area (Å²) in [6.07, 6.45) is -4.58. The maximum Gasteiger partial charge on any atom is 0.416 e. The Bertz CT molecular complexity index is 549. The van der Waals surface area contributed by atoms with Crippen LogP contribution in [-0.2, 0) is 6.18 Å². The highest BCUT2D eigenvalue weighted by atomic mass is 19.4. The number of benzene rings is 1. The van der Waals surface area contributed by atoms with E-state index in [0.29, 0.717) is 18.2 Å². The number of alkyl halides is 3. The average molecular weight is 247 g/mol. The van der Waals surface area contributed by atoms with Crippen LogP contribution in [0.2, 0.25) is 0 Å². The molecule has 17 heavy (non-hydrogen) atoms. The van der Waals surface area contributed by atoms with Gasteiger partial charge in [0.25, 0.3) is 11.8 Å². The molecule has 1 heterocycles. The maximum atomic E-state index is 13.3. The summed E-state index contributed by atoms with van der Waals surface area (Å²) in [4.78, 5) is 3.46. The van der Waals surface area contributed by atoms with Gasteiger partial charge in [0.15, 0.2) is 0 Å². The van der Waals surface area contributed by atoms with E-state index in [0.717, 1.165) is 0 Å². The van der Waals surface area contributed by atoms with Gasteiger partial charge in [-0.25, -0.2) is 4.39 Å². The lowest BCUT2D eigenvalue weighted by atomic mass is 10.1. The molecule has 2 aromatic rings. The van der Waals surface area contributed by atoms with E-state index in [4.69, 9.17) is 5.73 Å². The first-order valence-electron chi connectivity index (χ1n) is 4.34. The predicted octanol–water partition coefficient (Wildman–Crippen LogP) is 2.48. The molecule has 0 aliphatic rings. The van der Waals surface area contributed by atoms with Crippen molar-refractivity contribution in [2.75, 3.05) is 5.73 Å². The summed E-state index contributed by atoms with van der Waals surface area (Å²) in [5.41, 5.74) is 3.68. The van der Waals surface area contributed by atoms with Gasteiger partial charge < -0.3 is 10.3 Å². The van der Waals surface area contributed by atoms with E-state index in [2.05, 4.69) is 14.7 Å². The minimum absolute atomic E-state index is 0.281. The Morgan fingerprint density at radius 3 is 2.47 bits per heavy atom. The number of hydrogen-bond donors (Lipinski definition) is 1. The molecule has 2 N–H and O–H groups in total. The first kappa shape index (κ1) is 11.4. The van der Waals surface area contributed by atoms with Crippen molar-refractivity contribution in [3.63, 3.8) is 0 Å². The molecule has 2 rings (SSSR count). The summed E-state index contributed by atoms with van der Waals surface area (Å²) in [6.45, 7) is 0. The van der Waals surface area contributed by atoms with Gasteiger partial charge in [0.1, 0.15) is 5.82 Å². The Hall–Kier alpha value is -2.12. The smallest absolute Gasteiger partial charge is 0.365 e. The van der Waals surface area contributed by atoms with Gasteiger partial charge in [-0.1, -0.05) is 0 Å². The van der Waals surface area contributed by atoms with Crippen LogP contribution in [0.5, 0.6) is 0 Å². The zero-order valence-corrected chi connectivity index (χ0v) is 8.12. The van der Waals surface area contributed by atoms with Crippen LogP contribution in [0.15, 0.2) is 22.7 Å². The fraction of sp³-hybridized carbons (Fsp3) is 0.111. The number of nitrogens with two attached hydrogens (primary N) is 1. The molecule has 0 bridgehead atoms. The summed E-state index contributed by atoms with van der Waals surface area (Å²) >= 11 is 0. The van der Waals surface area contributed by atoms with Crippen molar-refractivity contribution in [3.8, 4) is 11.5 Å². The summed E-state index contributed by atoms with van der Waals surface area (Å²) in [5.74, 6) is -1.58. The lowest BCUT2D eigenvalue weighted by Gasteiger charge is -2.07. The molecule has 8 heteroatoms. The molecule has 1 aromatic heterocycles. The average Bonchev–Trinajstić information content (AvgIpc) is 2.63. The molecule has 0 radical (unpaired) electrons. The van der Waals surface area contributed by atoms with Gasteiger partial charge in [-0.3, -0.25) is 0 Å². The van der Waals surface area contributed by atoms with Crippen LogP contribution in [0.3, 0.4) is 0 Å². The summed E-state index contributed by atoms with van der Waals surface area (Å²) in [5, 5.41) is 3.17. The van der Waals surface area contributed by atoms with E-state index >= 15 is 0 Å². The predicted molar refractivity (Wildman–Crippen MR) is 49.1 cm³/mol. The number of aromatic nitrogens is 2. The molecule has 0 saturated carbocycles. The molecule has 0 aliphatic carbocycles. The molecule has 4 nitrogen and oxygen atoms in total. The van der Waals surface area contributed by atoms with Gasteiger partial charge in [0.05, 0.1) is 11.1 Å². The first-order chi connectivity index (χ1) is 7.88. The molecule has 1 aromatic carbocycles.